The molecule has 0 aliphatic rings. The molecule has 0 bridgehead atoms. The first kappa shape index (κ1) is 17.3. The zero-order valence-corrected chi connectivity index (χ0v) is 13.9. The largest absolute Gasteiger partial charge is 0.465 e. The minimum Gasteiger partial charge on any atom is -0.465 e. The van der Waals surface area contributed by atoms with E-state index in [1.165, 1.54) is 13.2 Å². The highest BCUT2D eigenvalue weighted by atomic mass is 16.5. The Morgan fingerprint density at radius 3 is 2.33 bits per heavy atom. The van der Waals surface area contributed by atoms with Gasteiger partial charge in [0.2, 0.25) is 5.91 Å². The Bertz CT molecular complexity index is 749. The predicted octanol–water partition coefficient (Wildman–Crippen LogP) is 3.19. The number of para-hydroxylation sites is 1. The van der Waals surface area contributed by atoms with Crippen molar-refractivity contribution < 1.29 is 14.3 Å². The van der Waals surface area contributed by atoms with E-state index in [0.29, 0.717) is 11.3 Å². The molecule has 2 aromatic rings. The lowest BCUT2D eigenvalue weighted by molar-refractivity contribution is -0.111. The molecule has 1 N–H and O–H groups in total. The van der Waals surface area contributed by atoms with E-state index in [1.807, 2.05) is 43.3 Å². The maximum atomic E-state index is 12.1. The lowest BCUT2D eigenvalue weighted by Crippen LogP contribution is -2.12. The fourth-order valence-corrected chi connectivity index (χ4v) is 2.11. The highest BCUT2D eigenvalue weighted by molar-refractivity contribution is 6.06. The molecule has 0 aliphatic carbocycles. The van der Waals surface area contributed by atoms with Crippen molar-refractivity contribution in [1.29, 1.82) is 0 Å². The molecule has 2 aromatic carbocycles. The Kier molecular flexibility index (Phi) is 5.73. The highest BCUT2D eigenvalue weighted by Crippen LogP contribution is 2.16. The molecule has 0 aromatic heterocycles. The van der Waals surface area contributed by atoms with Crippen LogP contribution in [0.4, 0.5) is 11.4 Å². The van der Waals surface area contributed by atoms with E-state index in [1.54, 1.807) is 30.3 Å². The van der Waals surface area contributed by atoms with Gasteiger partial charge in [0, 0.05) is 25.9 Å². The van der Waals surface area contributed by atoms with Gasteiger partial charge < -0.3 is 15.0 Å². The van der Waals surface area contributed by atoms with Crippen LogP contribution in [0.1, 0.15) is 15.9 Å². The molecule has 0 atom stereocenters. The molecule has 5 nitrogen and oxygen atoms in total. The van der Waals surface area contributed by atoms with E-state index in [4.69, 9.17) is 4.74 Å². The Morgan fingerprint density at radius 1 is 1.04 bits per heavy atom. The van der Waals surface area contributed by atoms with Crippen molar-refractivity contribution in [2.45, 2.75) is 0 Å². The topological polar surface area (TPSA) is 58.6 Å². The van der Waals surface area contributed by atoms with Crippen molar-refractivity contribution in [2.24, 2.45) is 0 Å². The number of hydrogen-bond acceptors (Lipinski definition) is 4. The number of anilines is 2. The average Bonchev–Trinajstić information content (AvgIpc) is 2.60. The van der Waals surface area contributed by atoms with E-state index in [-0.39, 0.29) is 5.91 Å². The third-order valence-electron chi connectivity index (χ3n) is 3.43. The molecule has 0 saturated carbocycles. The van der Waals surface area contributed by atoms with Crippen LogP contribution < -0.4 is 10.2 Å². The molecule has 0 aliphatic heterocycles. The van der Waals surface area contributed by atoms with Gasteiger partial charge in [0.25, 0.3) is 0 Å². The van der Waals surface area contributed by atoms with Crippen molar-refractivity contribution in [3.05, 3.63) is 65.7 Å². The first-order chi connectivity index (χ1) is 11.5. The summed E-state index contributed by atoms with van der Waals surface area (Å²) in [6.45, 7) is 0. The summed E-state index contributed by atoms with van der Waals surface area (Å²) in [5, 5.41) is 2.69. The second kappa shape index (κ2) is 7.97. The molecule has 0 fully saturated rings. The van der Waals surface area contributed by atoms with Gasteiger partial charge in [-0.3, -0.25) is 4.79 Å². The summed E-state index contributed by atoms with van der Waals surface area (Å²) in [5.74, 6) is -0.808. The second-order valence-electron chi connectivity index (χ2n) is 5.35. The predicted molar refractivity (Wildman–Crippen MR) is 96.2 cm³/mol. The van der Waals surface area contributed by atoms with Crippen LogP contribution >= 0.6 is 0 Å². The summed E-state index contributed by atoms with van der Waals surface area (Å²) < 4.78 is 4.71. The Balaban J connectivity index is 2.07. The van der Waals surface area contributed by atoms with E-state index in [0.717, 1.165) is 11.3 Å². The SMILES string of the molecule is COC(=O)c1ccccc1NC(=O)/C=C/c1ccc(N(C)C)cc1. The van der Waals surface area contributed by atoms with Crippen molar-refractivity contribution in [1.82, 2.24) is 0 Å². The number of esters is 1. The van der Waals surface area contributed by atoms with Crippen molar-refractivity contribution in [3.8, 4) is 0 Å². The van der Waals surface area contributed by atoms with Crippen LogP contribution in [0, 0.1) is 0 Å². The molecule has 0 unspecified atom stereocenters. The quantitative estimate of drug-likeness (QED) is 0.678. The number of nitrogens with zero attached hydrogens (tertiary/aromatic N) is 1. The van der Waals surface area contributed by atoms with Gasteiger partial charge in [0.15, 0.2) is 0 Å². The summed E-state index contributed by atoms with van der Waals surface area (Å²) in [6.07, 6.45) is 3.15. The number of hydrogen-bond donors (Lipinski definition) is 1. The van der Waals surface area contributed by atoms with Gasteiger partial charge in [-0.1, -0.05) is 24.3 Å². The molecule has 2 rings (SSSR count). The van der Waals surface area contributed by atoms with Crippen LogP contribution in [-0.2, 0) is 9.53 Å². The molecule has 0 heterocycles. The van der Waals surface area contributed by atoms with E-state index in [2.05, 4.69) is 5.32 Å². The fraction of sp³-hybridized carbons (Fsp3) is 0.158. The third-order valence-corrected chi connectivity index (χ3v) is 3.43. The zero-order valence-electron chi connectivity index (χ0n) is 13.9. The lowest BCUT2D eigenvalue weighted by atomic mass is 10.1. The molecule has 5 heteroatoms. The number of carbonyl (C=O) groups is 2. The number of nitrogens with one attached hydrogen (secondary N) is 1. The van der Waals surface area contributed by atoms with Crippen LogP contribution in [0.25, 0.3) is 6.08 Å². The summed E-state index contributed by atoms with van der Waals surface area (Å²) in [6, 6.07) is 14.5. The van der Waals surface area contributed by atoms with Crippen LogP contribution in [0.3, 0.4) is 0 Å². The minimum atomic E-state index is -0.492. The maximum Gasteiger partial charge on any atom is 0.339 e. The van der Waals surface area contributed by atoms with E-state index >= 15 is 0 Å². The van der Waals surface area contributed by atoms with Gasteiger partial charge in [-0.05, 0) is 35.9 Å². The van der Waals surface area contributed by atoms with Gasteiger partial charge in [-0.25, -0.2) is 4.79 Å². The lowest BCUT2D eigenvalue weighted by Gasteiger charge is -2.11. The number of carbonyl (C=O) groups excluding carboxylic acids is 2. The normalized spacial score (nSPS) is 10.5. The van der Waals surface area contributed by atoms with Gasteiger partial charge >= 0.3 is 5.97 Å². The van der Waals surface area contributed by atoms with Gasteiger partial charge in [0.1, 0.15) is 0 Å². The zero-order chi connectivity index (χ0) is 17.5. The van der Waals surface area contributed by atoms with Gasteiger partial charge in [-0.2, -0.15) is 0 Å². The number of benzene rings is 2. The number of methoxy groups -OCH3 is 1. The number of amides is 1. The standard InChI is InChI=1S/C19H20N2O3/c1-21(2)15-11-8-14(9-12-15)10-13-18(22)20-17-7-5-4-6-16(17)19(23)24-3/h4-13H,1-3H3,(H,20,22)/b13-10+. The van der Waals surface area contributed by atoms with Crippen molar-refractivity contribution >= 4 is 29.3 Å². The molecule has 124 valence electrons. The monoisotopic (exact) mass is 324 g/mol. The molecular weight excluding hydrogens is 304 g/mol. The fourth-order valence-electron chi connectivity index (χ4n) is 2.11. The second-order valence-corrected chi connectivity index (χ2v) is 5.35. The summed E-state index contributed by atoms with van der Waals surface area (Å²) >= 11 is 0. The Hall–Kier alpha value is -3.08. The molecule has 0 spiro atoms. The summed E-state index contributed by atoms with van der Waals surface area (Å²) in [7, 11) is 5.24. The molecule has 0 radical (unpaired) electrons. The first-order valence-corrected chi connectivity index (χ1v) is 7.45. The number of rotatable bonds is 5. The third kappa shape index (κ3) is 4.46. The average molecular weight is 324 g/mol. The minimum absolute atomic E-state index is 0.317. The van der Waals surface area contributed by atoms with Crippen LogP contribution in [0.2, 0.25) is 0 Å². The first-order valence-electron chi connectivity index (χ1n) is 7.45. The van der Waals surface area contributed by atoms with Crippen molar-refractivity contribution in [3.63, 3.8) is 0 Å². The molecular formula is C19H20N2O3. The van der Waals surface area contributed by atoms with Crippen LogP contribution in [-0.4, -0.2) is 33.1 Å². The van der Waals surface area contributed by atoms with Gasteiger partial charge in [-0.15, -0.1) is 0 Å². The maximum absolute atomic E-state index is 12.1. The van der Waals surface area contributed by atoms with Gasteiger partial charge in [0.05, 0.1) is 18.4 Å². The number of ether oxygens (including phenoxy) is 1. The molecule has 0 saturated heterocycles. The Labute approximate surface area is 141 Å². The molecule has 1 amide bonds. The summed E-state index contributed by atoms with van der Waals surface area (Å²) in [5.41, 5.74) is 2.74. The smallest absolute Gasteiger partial charge is 0.339 e. The summed E-state index contributed by atoms with van der Waals surface area (Å²) in [4.78, 5) is 25.8. The molecule has 24 heavy (non-hydrogen) atoms. The highest BCUT2D eigenvalue weighted by Gasteiger charge is 2.11. The van der Waals surface area contributed by atoms with Crippen LogP contribution in [0.15, 0.2) is 54.6 Å². The van der Waals surface area contributed by atoms with E-state index in [9.17, 15) is 9.59 Å². The van der Waals surface area contributed by atoms with Crippen molar-refractivity contribution in [2.75, 3.05) is 31.4 Å². The van der Waals surface area contributed by atoms with E-state index < -0.39 is 5.97 Å². The Morgan fingerprint density at radius 2 is 1.71 bits per heavy atom. The van der Waals surface area contributed by atoms with Crippen LogP contribution in [0.5, 0.6) is 0 Å².